The third kappa shape index (κ3) is 1.32. The molecule has 1 aliphatic rings. The first-order valence-corrected chi connectivity index (χ1v) is 5.05. The van der Waals surface area contributed by atoms with Crippen LogP contribution in [0.15, 0.2) is 6.20 Å². The average Bonchev–Trinajstić information content (AvgIpc) is 2.43. The minimum Gasteiger partial charge on any atom is -0.481 e. The second-order valence-electron chi connectivity index (χ2n) is 3.75. The number of aryl methyl sites for hydroxylation is 1. The van der Waals surface area contributed by atoms with E-state index in [0.29, 0.717) is 5.15 Å². The van der Waals surface area contributed by atoms with Crippen molar-refractivity contribution in [1.82, 2.24) is 4.57 Å². The van der Waals surface area contributed by atoms with E-state index in [0.717, 1.165) is 30.4 Å². The Hall–Kier alpha value is -0.960. The van der Waals surface area contributed by atoms with Gasteiger partial charge >= 0.3 is 5.97 Å². The maximum Gasteiger partial charge on any atom is 0.311 e. The second-order valence-corrected chi connectivity index (χ2v) is 4.11. The second kappa shape index (κ2) is 3.31. The SMILES string of the molecule is Cn1cc2c(c1Cl)CCCC2C(=O)O. The number of carbonyl (C=O) groups is 1. The van der Waals surface area contributed by atoms with Gasteiger partial charge in [-0.15, -0.1) is 0 Å². The molecule has 0 saturated heterocycles. The summed E-state index contributed by atoms with van der Waals surface area (Å²) in [5, 5.41) is 9.72. The number of aliphatic carboxylic acids is 1. The van der Waals surface area contributed by atoms with Gasteiger partial charge < -0.3 is 9.67 Å². The van der Waals surface area contributed by atoms with E-state index in [1.807, 2.05) is 13.2 Å². The molecule has 0 aromatic carbocycles. The summed E-state index contributed by atoms with van der Waals surface area (Å²) in [6.45, 7) is 0. The lowest BCUT2D eigenvalue weighted by Gasteiger charge is -2.18. The van der Waals surface area contributed by atoms with Crippen molar-refractivity contribution >= 4 is 17.6 Å². The van der Waals surface area contributed by atoms with E-state index < -0.39 is 5.97 Å². The van der Waals surface area contributed by atoms with E-state index in [1.165, 1.54) is 0 Å². The van der Waals surface area contributed by atoms with Gasteiger partial charge in [0.1, 0.15) is 5.15 Å². The van der Waals surface area contributed by atoms with Gasteiger partial charge in [-0.25, -0.2) is 0 Å². The highest BCUT2D eigenvalue weighted by Crippen LogP contribution is 2.36. The molecule has 0 radical (unpaired) electrons. The minimum atomic E-state index is -0.742. The van der Waals surface area contributed by atoms with Crippen molar-refractivity contribution < 1.29 is 9.90 Å². The molecule has 76 valence electrons. The number of aromatic nitrogens is 1. The number of carboxylic acids is 1. The van der Waals surface area contributed by atoms with Crippen molar-refractivity contribution in [2.75, 3.05) is 0 Å². The number of hydrogen-bond acceptors (Lipinski definition) is 1. The van der Waals surface area contributed by atoms with Gasteiger partial charge in [0.15, 0.2) is 0 Å². The predicted octanol–water partition coefficient (Wildman–Crippen LogP) is 2.18. The molecule has 0 saturated carbocycles. The van der Waals surface area contributed by atoms with Gasteiger partial charge in [0.05, 0.1) is 5.92 Å². The highest BCUT2D eigenvalue weighted by molar-refractivity contribution is 6.30. The molecule has 1 unspecified atom stereocenters. The molecule has 1 aromatic heterocycles. The fourth-order valence-electron chi connectivity index (χ4n) is 2.12. The van der Waals surface area contributed by atoms with Gasteiger partial charge in [0.25, 0.3) is 0 Å². The third-order valence-corrected chi connectivity index (χ3v) is 3.33. The van der Waals surface area contributed by atoms with Gasteiger partial charge in [-0.2, -0.15) is 0 Å². The largest absolute Gasteiger partial charge is 0.481 e. The number of carboxylic acid groups (broad SMARTS) is 1. The molecule has 1 aromatic rings. The quantitative estimate of drug-likeness (QED) is 0.777. The molecule has 1 N–H and O–H groups in total. The normalized spacial score (nSPS) is 20.6. The number of hydrogen-bond donors (Lipinski definition) is 1. The zero-order valence-corrected chi connectivity index (χ0v) is 8.71. The van der Waals surface area contributed by atoms with Crippen molar-refractivity contribution in [1.29, 1.82) is 0 Å². The van der Waals surface area contributed by atoms with Gasteiger partial charge in [-0.05, 0) is 30.4 Å². The summed E-state index contributed by atoms with van der Waals surface area (Å²) in [6, 6.07) is 0. The van der Waals surface area contributed by atoms with E-state index in [-0.39, 0.29) is 5.92 Å². The first kappa shape index (κ1) is 9.59. The van der Waals surface area contributed by atoms with Gasteiger partial charge in [0, 0.05) is 13.2 Å². The number of fused-ring (bicyclic) bond motifs is 1. The summed E-state index contributed by atoms with van der Waals surface area (Å²) in [7, 11) is 1.85. The van der Waals surface area contributed by atoms with Crippen molar-refractivity contribution in [3.05, 3.63) is 22.5 Å². The van der Waals surface area contributed by atoms with Crippen LogP contribution in [0.2, 0.25) is 5.15 Å². The Labute approximate surface area is 87.3 Å². The minimum absolute atomic E-state index is 0.363. The Morgan fingerprint density at radius 1 is 1.71 bits per heavy atom. The molecule has 1 atom stereocenters. The van der Waals surface area contributed by atoms with Crippen molar-refractivity contribution in [2.24, 2.45) is 7.05 Å². The fraction of sp³-hybridized carbons (Fsp3) is 0.500. The Morgan fingerprint density at radius 3 is 3.07 bits per heavy atom. The highest BCUT2D eigenvalue weighted by Gasteiger charge is 2.29. The van der Waals surface area contributed by atoms with Crippen LogP contribution in [0.1, 0.15) is 29.9 Å². The average molecular weight is 214 g/mol. The topological polar surface area (TPSA) is 42.2 Å². The highest BCUT2D eigenvalue weighted by atomic mass is 35.5. The molecule has 2 rings (SSSR count). The molecule has 1 aliphatic carbocycles. The number of nitrogens with zero attached hydrogens (tertiary/aromatic N) is 1. The van der Waals surface area contributed by atoms with Crippen LogP contribution < -0.4 is 0 Å². The first-order chi connectivity index (χ1) is 6.61. The first-order valence-electron chi connectivity index (χ1n) is 4.67. The summed E-state index contributed by atoms with van der Waals surface area (Å²) in [4.78, 5) is 11.0. The summed E-state index contributed by atoms with van der Waals surface area (Å²) in [6.07, 6.45) is 4.38. The Kier molecular flexibility index (Phi) is 2.27. The molecular formula is C10H12ClNO2. The van der Waals surface area contributed by atoms with Crippen molar-refractivity contribution in [3.8, 4) is 0 Å². The van der Waals surface area contributed by atoms with Crippen molar-refractivity contribution in [2.45, 2.75) is 25.2 Å². The Bertz CT molecular complexity index is 384. The molecule has 0 spiro atoms. The standard InChI is InChI=1S/C10H12ClNO2/c1-12-5-8-6(9(12)11)3-2-4-7(8)10(13)14/h5,7H,2-4H2,1H3,(H,13,14). The summed E-state index contributed by atoms with van der Waals surface area (Å²) >= 11 is 6.07. The maximum absolute atomic E-state index is 11.0. The molecule has 3 nitrogen and oxygen atoms in total. The number of rotatable bonds is 1. The van der Waals surface area contributed by atoms with E-state index in [4.69, 9.17) is 16.7 Å². The molecular weight excluding hydrogens is 202 g/mol. The van der Waals surface area contributed by atoms with E-state index in [1.54, 1.807) is 4.57 Å². The third-order valence-electron chi connectivity index (χ3n) is 2.83. The molecule has 0 bridgehead atoms. The van der Waals surface area contributed by atoms with Crippen LogP contribution >= 0.6 is 11.6 Å². The smallest absolute Gasteiger partial charge is 0.311 e. The summed E-state index contributed by atoms with van der Waals surface area (Å²) < 4.78 is 1.80. The fourth-order valence-corrected chi connectivity index (χ4v) is 2.37. The molecule has 0 amide bonds. The van der Waals surface area contributed by atoms with Crippen molar-refractivity contribution in [3.63, 3.8) is 0 Å². The van der Waals surface area contributed by atoms with E-state index in [9.17, 15) is 4.79 Å². The lowest BCUT2D eigenvalue weighted by atomic mass is 9.86. The monoisotopic (exact) mass is 213 g/mol. The lowest BCUT2D eigenvalue weighted by Crippen LogP contribution is -2.16. The van der Waals surface area contributed by atoms with Crippen LogP contribution in [0, 0.1) is 0 Å². The van der Waals surface area contributed by atoms with Gasteiger partial charge in [0.2, 0.25) is 0 Å². The molecule has 4 heteroatoms. The molecule has 0 aliphatic heterocycles. The van der Waals surface area contributed by atoms with E-state index in [2.05, 4.69) is 0 Å². The zero-order chi connectivity index (χ0) is 10.3. The van der Waals surface area contributed by atoms with Crippen LogP contribution in [0.3, 0.4) is 0 Å². The molecule has 0 fully saturated rings. The number of halogens is 1. The summed E-state index contributed by atoms with van der Waals surface area (Å²) in [5.74, 6) is -1.11. The van der Waals surface area contributed by atoms with Crippen LogP contribution in [0.25, 0.3) is 0 Å². The van der Waals surface area contributed by atoms with Crippen LogP contribution in [0.4, 0.5) is 0 Å². The Morgan fingerprint density at radius 2 is 2.43 bits per heavy atom. The zero-order valence-electron chi connectivity index (χ0n) is 7.96. The van der Waals surface area contributed by atoms with Crippen LogP contribution in [-0.2, 0) is 18.3 Å². The van der Waals surface area contributed by atoms with Crippen LogP contribution in [-0.4, -0.2) is 15.6 Å². The maximum atomic E-state index is 11.0. The van der Waals surface area contributed by atoms with Gasteiger partial charge in [-0.3, -0.25) is 4.79 Å². The van der Waals surface area contributed by atoms with E-state index >= 15 is 0 Å². The lowest BCUT2D eigenvalue weighted by molar-refractivity contribution is -0.139. The summed E-state index contributed by atoms with van der Waals surface area (Å²) in [5.41, 5.74) is 1.92. The van der Waals surface area contributed by atoms with Gasteiger partial charge in [-0.1, -0.05) is 11.6 Å². The molecule has 1 heterocycles. The van der Waals surface area contributed by atoms with Crippen LogP contribution in [0.5, 0.6) is 0 Å². The molecule has 14 heavy (non-hydrogen) atoms. The Balaban J connectivity index is 2.50. The predicted molar refractivity (Wildman–Crippen MR) is 53.7 cm³/mol.